The second-order valence-electron chi connectivity index (χ2n) is 4.34. The zero-order valence-electron chi connectivity index (χ0n) is 10.4. The van der Waals surface area contributed by atoms with Crippen molar-refractivity contribution in [1.29, 1.82) is 0 Å². The van der Waals surface area contributed by atoms with Crippen molar-refractivity contribution in [1.82, 2.24) is 10.2 Å². The smallest absolute Gasteiger partial charge is 0.328 e. The van der Waals surface area contributed by atoms with Crippen molar-refractivity contribution < 1.29 is 32.7 Å². The van der Waals surface area contributed by atoms with E-state index in [0.29, 0.717) is 17.0 Å². The molecule has 0 radical (unpaired) electrons. The maximum absolute atomic E-state index is 13.6. The van der Waals surface area contributed by atoms with Gasteiger partial charge in [-0.15, -0.1) is 0 Å². The lowest BCUT2D eigenvalue weighted by Crippen LogP contribution is -2.59. The molecule has 0 spiro atoms. The van der Waals surface area contributed by atoms with Gasteiger partial charge in [0.25, 0.3) is 5.91 Å². The number of halogens is 3. The molecular weight excluding hydrogens is 293 g/mol. The Balaban J connectivity index is 2.41. The van der Waals surface area contributed by atoms with Crippen molar-refractivity contribution in [3.05, 3.63) is 35.1 Å². The van der Waals surface area contributed by atoms with Gasteiger partial charge in [-0.3, -0.25) is 9.59 Å². The van der Waals surface area contributed by atoms with Crippen molar-refractivity contribution >= 4 is 17.8 Å². The molecule has 1 aromatic rings. The lowest BCUT2D eigenvalue weighted by atomic mass is 10.1. The first-order valence-corrected chi connectivity index (χ1v) is 5.76. The third kappa shape index (κ3) is 2.81. The highest BCUT2D eigenvalue weighted by Crippen LogP contribution is 2.19. The van der Waals surface area contributed by atoms with Gasteiger partial charge in [0.1, 0.15) is 35.6 Å². The Bertz CT molecular complexity index is 612. The molecule has 2 amide bonds. The molecule has 21 heavy (non-hydrogen) atoms. The van der Waals surface area contributed by atoms with E-state index in [2.05, 4.69) is 5.32 Å². The van der Waals surface area contributed by atoms with Gasteiger partial charge in [-0.05, 0) is 0 Å². The van der Waals surface area contributed by atoms with Crippen LogP contribution in [0.2, 0.25) is 0 Å². The number of hydrogen-bond donors (Lipinski definition) is 2. The molecule has 1 aliphatic rings. The van der Waals surface area contributed by atoms with Crippen LogP contribution in [0.3, 0.4) is 0 Å². The zero-order valence-corrected chi connectivity index (χ0v) is 10.4. The van der Waals surface area contributed by atoms with Gasteiger partial charge in [0.15, 0.2) is 0 Å². The summed E-state index contributed by atoms with van der Waals surface area (Å²) in [6, 6.07) is -0.856. The molecule has 1 unspecified atom stereocenters. The Labute approximate surface area is 116 Å². The summed E-state index contributed by atoms with van der Waals surface area (Å²) in [5, 5.41) is 11.2. The fourth-order valence-electron chi connectivity index (χ4n) is 1.97. The Morgan fingerprint density at radius 1 is 1.24 bits per heavy atom. The van der Waals surface area contributed by atoms with Crippen LogP contribution in [-0.2, 0) is 9.59 Å². The summed E-state index contributed by atoms with van der Waals surface area (Å²) in [6.45, 7) is -1.05. The number of amides is 2. The Morgan fingerprint density at radius 3 is 2.33 bits per heavy atom. The van der Waals surface area contributed by atoms with Crippen molar-refractivity contribution in [2.45, 2.75) is 6.04 Å². The van der Waals surface area contributed by atoms with Crippen LogP contribution in [0.1, 0.15) is 10.4 Å². The summed E-state index contributed by atoms with van der Waals surface area (Å²) in [6.07, 6.45) is 0. The van der Waals surface area contributed by atoms with E-state index in [9.17, 15) is 27.6 Å². The average Bonchev–Trinajstić information content (AvgIpc) is 2.36. The maximum Gasteiger partial charge on any atom is 0.328 e. The molecule has 0 bridgehead atoms. The van der Waals surface area contributed by atoms with E-state index >= 15 is 0 Å². The van der Waals surface area contributed by atoms with Crippen LogP contribution in [0.15, 0.2) is 12.1 Å². The second-order valence-corrected chi connectivity index (χ2v) is 4.34. The molecule has 0 aliphatic carbocycles. The Hall–Kier alpha value is -2.58. The van der Waals surface area contributed by atoms with Gasteiger partial charge in [0.2, 0.25) is 5.91 Å². The predicted molar refractivity (Wildman–Crippen MR) is 61.8 cm³/mol. The molecule has 1 aliphatic heterocycles. The summed E-state index contributed by atoms with van der Waals surface area (Å²) in [7, 11) is 0. The highest BCUT2D eigenvalue weighted by atomic mass is 19.1. The van der Waals surface area contributed by atoms with Gasteiger partial charge in [-0.1, -0.05) is 0 Å². The number of rotatable bonds is 2. The number of carboxylic acids is 1. The Kier molecular flexibility index (Phi) is 3.83. The van der Waals surface area contributed by atoms with E-state index in [-0.39, 0.29) is 6.54 Å². The minimum atomic E-state index is -1.47. The number of nitrogens with one attached hydrogen (secondary N) is 1. The van der Waals surface area contributed by atoms with Crippen LogP contribution < -0.4 is 5.32 Å². The van der Waals surface area contributed by atoms with Gasteiger partial charge in [0, 0.05) is 18.7 Å². The topological polar surface area (TPSA) is 86.7 Å². The zero-order chi connectivity index (χ0) is 15.7. The SMILES string of the molecule is O=C1CN(C(=O)c2c(F)cc(F)cc2F)C(C(=O)O)CN1. The number of piperazine rings is 1. The van der Waals surface area contributed by atoms with Gasteiger partial charge in [0.05, 0.1) is 0 Å². The molecule has 1 fully saturated rings. The Morgan fingerprint density at radius 2 is 1.81 bits per heavy atom. The fraction of sp³-hybridized carbons (Fsp3) is 0.250. The largest absolute Gasteiger partial charge is 0.480 e. The minimum absolute atomic E-state index is 0.302. The van der Waals surface area contributed by atoms with Crippen LogP contribution in [0, 0.1) is 17.5 Å². The molecule has 2 N–H and O–H groups in total. The summed E-state index contributed by atoms with van der Waals surface area (Å²) in [4.78, 5) is 34.9. The van der Waals surface area contributed by atoms with Crippen LogP contribution in [0.5, 0.6) is 0 Å². The monoisotopic (exact) mass is 302 g/mol. The van der Waals surface area contributed by atoms with Crippen molar-refractivity contribution in [3.63, 3.8) is 0 Å². The van der Waals surface area contributed by atoms with Gasteiger partial charge in [-0.25, -0.2) is 18.0 Å². The number of carbonyl (C=O) groups is 3. The lowest BCUT2D eigenvalue weighted by molar-refractivity contribution is -0.144. The maximum atomic E-state index is 13.6. The number of nitrogens with zero attached hydrogens (tertiary/aromatic N) is 1. The number of carbonyl (C=O) groups excluding carboxylic acids is 2. The van der Waals surface area contributed by atoms with Gasteiger partial charge in [-0.2, -0.15) is 0 Å². The third-order valence-corrected chi connectivity index (χ3v) is 2.95. The fourth-order valence-corrected chi connectivity index (χ4v) is 1.97. The third-order valence-electron chi connectivity index (χ3n) is 2.95. The molecule has 112 valence electrons. The molecule has 0 aromatic heterocycles. The van der Waals surface area contributed by atoms with E-state index < -0.39 is 53.4 Å². The average molecular weight is 302 g/mol. The van der Waals surface area contributed by atoms with E-state index in [0.717, 1.165) is 0 Å². The van der Waals surface area contributed by atoms with Crippen LogP contribution in [0.25, 0.3) is 0 Å². The van der Waals surface area contributed by atoms with Gasteiger partial charge >= 0.3 is 5.97 Å². The standard InChI is InChI=1S/C12H9F3N2O4/c13-5-1-6(14)10(7(15)2-5)11(19)17-4-9(18)16-3-8(17)12(20)21/h1-2,8H,3-4H2,(H,16,18)(H,20,21). The number of hydrogen-bond acceptors (Lipinski definition) is 3. The van der Waals surface area contributed by atoms with Crippen LogP contribution >= 0.6 is 0 Å². The number of aliphatic carboxylic acids is 1. The quantitative estimate of drug-likeness (QED) is 0.813. The first-order valence-electron chi connectivity index (χ1n) is 5.76. The summed E-state index contributed by atoms with van der Waals surface area (Å²) >= 11 is 0. The minimum Gasteiger partial charge on any atom is -0.480 e. The summed E-state index contributed by atoms with van der Waals surface area (Å²) in [5.74, 6) is -7.57. The van der Waals surface area contributed by atoms with Crippen LogP contribution in [-0.4, -0.2) is 46.9 Å². The number of carboxylic acid groups (broad SMARTS) is 1. The first kappa shape index (κ1) is 14.8. The van der Waals surface area contributed by atoms with Crippen molar-refractivity contribution in [3.8, 4) is 0 Å². The van der Waals surface area contributed by atoms with Crippen LogP contribution in [0.4, 0.5) is 13.2 Å². The van der Waals surface area contributed by atoms with Crippen molar-refractivity contribution in [2.75, 3.05) is 13.1 Å². The summed E-state index contributed by atoms with van der Waals surface area (Å²) < 4.78 is 40.0. The molecule has 1 saturated heterocycles. The lowest BCUT2D eigenvalue weighted by Gasteiger charge is -2.32. The molecule has 1 atom stereocenters. The summed E-state index contributed by atoms with van der Waals surface area (Å²) in [5.41, 5.74) is -1.10. The second kappa shape index (κ2) is 5.43. The number of benzene rings is 1. The molecule has 6 nitrogen and oxygen atoms in total. The normalized spacial score (nSPS) is 18.3. The molecule has 1 aromatic carbocycles. The molecular formula is C12H9F3N2O4. The highest BCUT2D eigenvalue weighted by molar-refractivity contribution is 6.00. The van der Waals surface area contributed by atoms with E-state index in [4.69, 9.17) is 5.11 Å². The first-order chi connectivity index (χ1) is 9.81. The van der Waals surface area contributed by atoms with E-state index in [1.54, 1.807) is 0 Å². The van der Waals surface area contributed by atoms with Crippen molar-refractivity contribution in [2.24, 2.45) is 0 Å². The molecule has 0 saturated carbocycles. The molecule has 9 heteroatoms. The van der Waals surface area contributed by atoms with E-state index in [1.165, 1.54) is 0 Å². The highest BCUT2D eigenvalue weighted by Gasteiger charge is 2.37. The van der Waals surface area contributed by atoms with Gasteiger partial charge < -0.3 is 15.3 Å². The molecule has 1 heterocycles. The predicted octanol–water partition coefficient (Wildman–Crippen LogP) is 0.129. The van der Waals surface area contributed by atoms with E-state index in [1.807, 2.05) is 0 Å². The molecule has 2 rings (SSSR count).